The Morgan fingerprint density at radius 3 is 2.88 bits per heavy atom. The fourth-order valence-electron chi connectivity index (χ4n) is 4.04. The molecule has 0 bridgehead atoms. The van der Waals surface area contributed by atoms with Gasteiger partial charge in [-0.05, 0) is 72.7 Å². The number of carbonyl (C=O) groups excluding carboxylic acids is 1. The van der Waals surface area contributed by atoms with E-state index in [-0.39, 0.29) is 11.9 Å². The van der Waals surface area contributed by atoms with Crippen LogP contribution in [0.15, 0.2) is 29.6 Å². The number of rotatable bonds is 4. The van der Waals surface area contributed by atoms with Crippen LogP contribution in [0.5, 0.6) is 0 Å². The topological polar surface area (TPSA) is 32.3 Å². The summed E-state index contributed by atoms with van der Waals surface area (Å²) < 4.78 is 0. The summed E-state index contributed by atoms with van der Waals surface area (Å²) in [7, 11) is 0. The molecular formula is C21H26N2OS. The maximum absolute atomic E-state index is 12.5. The van der Waals surface area contributed by atoms with Gasteiger partial charge in [-0.15, -0.1) is 11.3 Å². The molecule has 0 saturated heterocycles. The van der Waals surface area contributed by atoms with Gasteiger partial charge in [-0.1, -0.05) is 18.2 Å². The van der Waals surface area contributed by atoms with Crippen molar-refractivity contribution in [1.82, 2.24) is 10.2 Å². The highest BCUT2D eigenvalue weighted by atomic mass is 32.1. The van der Waals surface area contributed by atoms with E-state index in [1.165, 1.54) is 52.8 Å². The van der Waals surface area contributed by atoms with Crippen molar-refractivity contribution in [2.45, 2.75) is 51.6 Å². The molecule has 3 nitrogen and oxygen atoms in total. The highest BCUT2D eigenvalue weighted by molar-refractivity contribution is 7.10. The minimum Gasteiger partial charge on any atom is -0.348 e. The van der Waals surface area contributed by atoms with Gasteiger partial charge < -0.3 is 5.32 Å². The molecule has 2 aromatic rings. The molecule has 1 aliphatic carbocycles. The lowest BCUT2D eigenvalue weighted by Gasteiger charge is -2.27. The van der Waals surface area contributed by atoms with Crippen molar-refractivity contribution in [1.29, 1.82) is 0 Å². The lowest BCUT2D eigenvalue weighted by Crippen LogP contribution is -2.40. The smallest absolute Gasteiger partial charge is 0.234 e. The van der Waals surface area contributed by atoms with Gasteiger partial charge in [0.05, 0.1) is 12.6 Å². The first-order chi connectivity index (χ1) is 12.2. The van der Waals surface area contributed by atoms with E-state index in [0.717, 1.165) is 19.5 Å². The highest BCUT2D eigenvalue weighted by Crippen LogP contribution is 2.25. The number of hydrogen-bond donors (Lipinski definition) is 1. The van der Waals surface area contributed by atoms with Gasteiger partial charge >= 0.3 is 0 Å². The van der Waals surface area contributed by atoms with E-state index >= 15 is 0 Å². The number of hydrogen-bond acceptors (Lipinski definition) is 3. The second-order valence-corrected chi connectivity index (χ2v) is 8.35. The molecule has 0 fully saturated rings. The number of fused-ring (bicyclic) bond motifs is 2. The second-order valence-electron chi connectivity index (χ2n) is 7.35. The maximum Gasteiger partial charge on any atom is 0.234 e. The van der Waals surface area contributed by atoms with E-state index in [1.807, 2.05) is 11.3 Å². The largest absolute Gasteiger partial charge is 0.348 e. The van der Waals surface area contributed by atoms with Gasteiger partial charge in [-0.2, -0.15) is 0 Å². The van der Waals surface area contributed by atoms with E-state index < -0.39 is 0 Å². The normalized spacial score (nSPS) is 18.3. The van der Waals surface area contributed by atoms with Gasteiger partial charge in [0, 0.05) is 18.0 Å². The fourth-order valence-corrected chi connectivity index (χ4v) is 4.93. The zero-order valence-corrected chi connectivity index (χ0v) is 15.7. The van der Waals surface area contributed by atoms with E-state index in [4.69, 9.17) is 0 Å². The quantitative estimate of drug-likeness (QED) is 0.904. The second kappa shape index (κ2) is 7.30. The van der Waals surface area contributed by atoms with Crippen molar-refractivity contribution in [2.24, 2.45) is 0 Å². The Kier molecular flexibility index (Phi) is 4.91. The van der Waals surface area contributed by atoms with E-state index in [9.17, 15) is 4.79 Å². The molecule has 2 heterocycles. The number of aryl methyl sites for hydroxylation is 2. The summed E-state index contributed by atoms with van der Waals surface area (Å²) in [6.07, 6.45) is 6.05. The minimum atomic E-state index is 0.0706. The summed E-state index contributed by atoms with van der Waals surface area (Å²) in [5.41, 5.74) is 5.60. The molecule has 1 N–H and O–H groups in total. The third-order valence-corrected chi connectivity index (χ3v) is 6.53. The zero-order chi connectivity index (χ0) is 17.2. The molecule has 1 amide bonds. The first kappa shape index (κ1) is 16.8. The number of nitrogens with one attached hydrogen (secondary N) is 1. The summed E-state index contributed by atoms with van der Waals surface area (Å²) in [4.78, 5) is 16.2. The molecule has 25 heavy (non-hydrogen) atoms. The van der Waals surface area contributed by atoms with Gasteiger partial charge in [0.25, 0.3) is 0 Å². The highest BCUT2D eigenvalue weighted by Gasteiger charge is 2.20. The molecule has 132 valence electrons. The molecule has 4 heteroatoms. The summed E-state index contributed by atoms with van der Waals surface area (Å²) in [6.45, 7) is 4.47. The average Bonchev–Trinajstić information content (AvgIpc) is 3.09. The molecule has 0 radical (unpaired) electrons. The van der Waals surface area contributed by atoms with Gasteiger partial charge in [0.1, 0.15) is 0 Å². The van der Waals surface area contributed by atoms with Gasteiger partial charge in [0.2, 0.25) is 5.91 Å². The van der Waals surface area contributed by atoms with Crippen LogP contribution in [-0.4, -0.2) is 23.9 Å². The molecule has 0 spiro atoms. The predicted molar refractivity (Wildman–Crippen MR) is 103 cm³/mol. The van der Waals surface area contributed by atoms with Crippen molar-refractivity contribution in [3.63, 3.8) is 0 Å². The Hall–Kier alpha value is -1.65. The van der Waals surface area contributed by atoms with E-state index in [1.54, 1.807) is 0 Å². The summed E-state index contributed by atoms with van der Waals surface area (Å²) in [6, 6.07) is 9.02. The van der Waals surface area contributed by atoms with Crippen molar-refractivity contribution in [3.05, 3.63) is 56.8 Å². The lowest BCUT2D eigenvalue weighted by atomic mass is 9.89. The number of carbonyl (C=O) groups is 1. The number of thiophene rings is 1. The van der Waals surface area contributed by atoms with E-state index in [2.05, 4.69) is 46.8 Å². The molecular weight excluding hydrogens is 328 g/mol. The van der Waals surface area contributed by atoms with E-state index in [0.29, 0.717) is 6.54 Å². The standard InChI is InChI=1S/C21H26N2OS/c1-15(17-7-6-16-4-2-3-5-18(16)12-17)22-21(24)14-23-10-8-20-19(13-23)9-11-25-20/h6-7,9,11-12,15H,2-5,8,10,13-14H2,1H3,(H,22,24)/t15-/m0/s1. The Balaban J connectivity index is 1.34. The van der Waals surface area contributed by atoms with Crippen molar-refractivity contribution < 1.29 is 4.79 Å². The molecule has 4 rings (SSSR count). The Morgan fingerprint density at radius 1 is 1.16 bits per heavy atom. The molecule has 2 aliphatic rings. The first-order valence-electron chi connectivity index (χ1n) is 9.38. The van der Waals surface area contributed by atoms with Crippen LogP contribution in [0.3, 0.4) is 0 Å². The van der Waals surface area contributed by atoms with Crippen molar-refractivity contribution in [2.75, 3.05) is 13.1 Å². The third kappa shape index (κ3) is 3.80. The van der Waals surface area contributed by atoms with Crippen molar-refractivity contribution >= 4 is 17.2 Å². The zero-order valence-electron chi connectivity index (χ0n) is 14.9. The summed E-state index contributed by atoms with van der Waals surface area (Å²) in [5, 5.41) is 5.35. The van der Waals surface area contributed by atoms with Crippen LogP contribution < -0.4 is 5.32 Å². The monoisotopic (exact) mass is 354 g/mol. The van der Waals surface area contributed by atoms with Crippen LogP contribution in [0, 0.1) is 0 Å². The predicted octanol–water partition coefficient (Wildman–Crippen LogP) is 3.86. The van der Waals surface area contributed by atoms with Crippen LogP contribution in [0.2, 0.25) is 0 Å². The fraction of sp³-hybridized carbons (Fsp3) is 0.476. The van der Waals surface area contributed by atoms with Gasteiger partial charge in [0.15, 0.2) is 0 Å². The Morgan fingerprint density at radius 2 is 2.00 bits per heavy atom. The summed E-state index contributed by atoms with van der Waals surface area (Å²) in [5.74, 6) is 0.129. The van der Waals surface area contributed by atoms with Gasteiger partial charge in [-0.3, -0.25) is 9.69 Å². The molecule has 1 aromatic heterocycles. The first-order valence-corrected chi connectivity index (χ1v) is 10.3. The average molecular weight is 355 g/mol. The minimum absolute atomic E-state index is 0.0706. The molecule has 1 aromatic carbocycles. The van der Waals surface area contributed by atoms with Crippen LogP contribution in [0.25, 0.3) is 0 Å². The number of benzene rings is 1. The van der Waals surface area contributed by atoms with Crippen LogP contribution in [0.4, 0.5) is 0 Å². The third-order valence-electron chi connectivity index (χ3n) is 5.50. The Bertz CT molecular complexity index is 767. The SMILES string of the molecule is C[C@H](NC(=O)CN1CCc2sccc2C1)c1ccc2c(c1)CCCC2. The molecule has 0 saturated carbocycles. The number of nitrogens with zero attached hydrogens (tertiary/aromatic N) is 1. The van der Waals surface area contributed by atoms with Crippen LogP contribution in [-0.2, 0) is 30.6 Å². The summed E-state index contributed by atoms with van der Waals surface area (Å²) >= 11 is 1.84. The van der Waals surface area contributed by atoms with Crippen LogP contribution in [0.1, 0.15) is 52.9 Å². The molecule has 1 aliphatic heterocycles. The number of amides is 1. The van der Waals surface area contributed by atoms with Gasteiger partial charge in [-0.25, -0.2) is 0 Å². The molecule has 1 atom stereocenters. The maximum atomic E-state index is 12.5. The van der Waals surface area contributed by atoms with Crippen molar-refractivity contribution in [3.8, 4) is 0 Å². The van der Waals surface area contributed by atoms with Crippen LogP contribution >= 0.6 is 11.3 Å². The Labute approximate surface area is 154 Å². The molecule has 0 unspecified atom stereocenters. The lowest BCUT2D eigenvalue weighted by molar-refractivity contribution is -0.123.